The number of imide groups is 1. The number of carbonyl (C=O) groups excluding carboxylic acids is 2. The quantitative estimate of drug-likeness (QED) is 0.799. The Morgan fingerprint density at radius 1 is 1.32 bits per heavy atom. The molecule has 0 N–H and O–H groups in total. The van der Waals surface area contributed by atoms with Crippen LogP contribution in [0.25, 0.3) is 0 Å². The molecule has 3 rings (SSSR count). The molecule has 0 radical (unpaired) electrons. The van der Waals surface area contributed by atoms with Crippen molar-refractivity contribution >= 4 is 23.5 Å². The predicted molar refractivity (Wildman–Crippen MR) is 67.1 cm³/mol. The van der Waals surface area contributed by atoms with Gasteiger partial charge >= 0.3 is 6.03 Å². The van der Waals surface area contributed by atoms with Gasteiger partial charge in [-0.15, -0.1) is 0 Å². The Kier molecular flexibility index (Phi) is 2.93. The molecule has 1 aromatic rings. The van der Waals surface area contributed by atoms with Gasteiger partial charge in [0.05, 0.1) is 6.54 Å². The second-order valence-electron chi connectivity index (χ2n) is 4.86. The van der Waals surface area contributed by atoms with E-state index in [2.05, 4.69) is 0 Å². The molecule has 1 heterocycles. The molecule has 19 heavy (non-hydrogen) atoms. The summed E-state index contributed by atoms with van der Waals surface area (Å²) in [5, 5.41) is 0.227. The summed E-state index contributed by atoms with van der Waals surface area (Å²) in [5.74, 6) is -0.662. The summed E-state index contributed by atoms with van der Waals surface area (Å²) >= 11 is 5.91. The van der Waals surface area contributed by atoms with Crippen LogP contribution in [0.1, 0.15) is 18.4 Å². The maximum Gasteiger partial charge on any atom is 0.327 e. The SMILES string of the molecule is O=C1CN(C2CC2)C(=O)N1Cc1ccc(F)cc1Cl. The fourth-order valence-electron chi connectivity index (χ4n) is 2.21. The summed E-state index contributed by atoms with van der Waals surface area (Å²) in [6, 6.07) is 3.89. The van der Waals surface area contributed by atoms with Gasteiger partial charge in [0, 0.05) is 11.1 Å². The number of benzene rings is 1. The molecule has 1 aliphatic heterocycles. The van der Waals surface area contributed by atoms with E-state index in [1.165, 1.54) is 23.1 Å². The van der Waals surface area contributed by atoms with Crippen molar-refractivity contribution in [3.8, 4) is 0 Å². The van der Waals surface area contributed by atoms with E-state index in [-0.39, 0.29) is 36.1 Å². The molecule has 1 saturated carbocycles. The van der Waals surface area contributed by atoms with Crippen molar-refractivity contribution in [2.24, 2.45) is 0 Å². The molecular formula is C13H12ClFN2O2. The standard InChI is InChI=1S/C13H12ClFN2O2/c14-11-5-9(15)2-1-8(11)6-17-12(18)7-16(13(17)19)10-3-4-10/h1-2,5,10H,3-4,6-7H2. The first-order valence-electron chi connectivity index (χ1n) is 6.11. The molecule has 0 atom stereocenters. The summed E-state index contributed by atoms with van der Waals surface area (Å²) < 4.78 is 13.0. The van der Waals surface area contributed by atoms with Crippen LogP contribution in [0.5, 0.6) is 0 Å². The molecule has 2 fully saturated rings. The lowest BCUT2D eigenvalue weighted by Gasteiger charge is -2.17. The number of halogens is 2. The fourth-order valence-corrected chi connectivity index (χ4v) is 2.43. The van der Waals surface area contributed by atoms with Crippen molar-refractivity contribution in [2.45, 2.75) is 25.4 Å². The average Bonchev–Trinajstić information content (AvgIpc) is 3.14. The lowest BCUT2D eigenvalue weighted by molar-refractivity contribution is -0.125. The molecule has 4 nitrogen and oxygen atoms in total. The Morgan fingerprint density at radius 2 is 2.05 bits per heavy atom. The zero-order valence-corrected chi connectivity index (χ0v) is 10.9. The van der Waals surface area contributed by atoms with E-state index in [0.717, 1.165) is 12.8 Å². The van der Waals surface area contributed by atoms with Gasteiger partial charge in [-0.3, -0.25) is 9.69 Å². The van der Waals surface area contributed by atoms with E-state index >= 15 is 0 Å². The molecule has 1 aromatic carbocycles. The molecule has 0 unspecified atom stereocenters. The third kappa shape index (κ3) is 2.30. The Bertz CT molecular complexity index is 560. The second-order valence-corrected chi connectivity index (χ2v) is 5.26. The molecule has 100 valence electrons. The third-order valence-electron chi connectivity index (χ3n) is 3.41. The Hall–Kier alpha value is -1.62. The van der Waals surface area contributed by atoms with Crippen LogP contribution >= 0.6 is 11.6 Å². The zero-order chi connectivity index (χ0) is 13.6. The number of amides is 3. The van der Waals surface area contributed by atoms with Crippen LogP contribution in [0.3, 0.4) is 0 Å². The first-order chi connectivity index (χ1) is 9.06. The number of urea groups is 1. The third-order valence-corrected chi connectivity index (χ3v) is 3.77. The van der Waals surface area contributed by atoms with Crippen LogP contribution in [0.15, 0.2) is 18.2 Å². The lowest BCUT2D eigenvalue weighted by atomic mass is 10.2. The average molecular weight is 283 g/mol. The molecule has 6 heteroatoms. The number of nitrogens with zero attached hydrogens (tertiary/aromatic N) is 2. The van der Waals surface area contributed by atoms with Crippen molar-refractivity contribution in [2.75, 3.05) is 6.54 Å². The van der Waals surface area contributed by atoms with Gasteiger partial charge in [-0.2, -0.15) is 0 Å². The number of hydrogen-bond acceptors (Lipinski definition) is 2. The smallest absolute Gasteiger partial charge is 0.312 e. The molecule has 1 saturated heterocycles. The maximum atomic E-state index is 13.0. The van der Waals surface area contributed by atoms with Crippen molar-refractivity contribution in [1.29, 1.82) is 0 Å². The van der Waals surface area contributed by atoms with Crippen molar-refractivity contribution in [3.05, 3.63) is 34.6 Å². The molecule has 0 bridgehead atoms. The second kappa shape index (κ2) is 4.49. The first-order valence-corrected chi connectivity index (χ1v) is 6.49. The normalized spacial score (nSPS) is 19.5. The highest BCUT2D eigenvalue weighted by Gasteiger charge is 2.43. The van der Waals surface area contributed by atoms with E-state index < -0.39 is 5.82 Å². The summed E-state index contributed by atoms with van der Waals surface area (Å²) in [6.07, 6.45) is 1.92. The van der Waals surface area contributed by atoms with E-state index in [9.17, 15) is 14.0 Å². The summed E-state index contributed by atoms with van der Waals surface area (Å²) in [7, 11) is 0. The molecular weight excluding hydrogens is 271 g/mol. The minimum Gasteiger partial charge on any atom is -0.312 e. The van der Waals surface area contributed by atoms with E-state index in [1.54, 1.807) is 4.90 Å². The summed E-state index contributed by atoms with van der Waals surface area (Å²) in [4.78, 5) is 26.7. The molecule has 0 aromatic heterocycles. The number of carbonyl (C=O) groups is 2. The molecule has 3 amide bonds. The van der Waals surface area contributed by atoms with Gasteiger partial charge in [0.25, 0.3) is 5.91 Å². The van der Waals surface area contributed by atoms with Crippen molar-refractivity contribution in [1.82, 2.24) is 9.80 Å². The van der Waals surface area contributed by atoms with E-state index in [4.69, 9.17) is 11.6 Å². The minimum absolute atomic E-state index is 0.0972. The minimum atomic E-state index is -0.438. The van der Waals surface area contributed by atoms with Gasteiger partial charge in [0.2, 0.25) is 0 Å². The zero-order valence-electron chi connectivity index (χ0n) is 10.1. The van der Waals surface area contributed by atoms with Gasteiger partial charge in [-0.25, -0.2) is 9.18 Å². The van der Waals surface area contributed by atoms with Gasteiger partial charge in [-0.05, 0) is 30.5 Å². The van der Waals surface area contributed by atoms with E-state index in [0.29, 0.717) is 5.56 Å². The van der Waals surface area contributed by atoms with Crippen molar-refractivity contribution in [3.63, 3.8) is 0 Å². The molecule has 1 aliphatic carbocycles. The monoisotopic (exact) mass is 282 g/mol. The Balaban J connectivity index is 1.78. The van der Waals surface area contributed by atoms with Crippen LogP contribution in [-0.2, 0) is 11.3 Å². The summed E-state index contributed by atoms with van der Waals surface area (Å²) in [6.45, 7) is 0.238. The van der Waals surface area contributed by atoms with Gasteiger partial charge in [-0.1, -0.05) is 17.7 Å². The molecule has 2 aliphatic rings. The topological polar surface area (TPSA) is 40.6 Å². The summed E-state index contributed by atoms with van der Waals surface area (Å²) in [5.41, 5.74) is 0.572. The number of rotatable bonds is 3. The van der Waals surface area contributed by atoms with Gasteiger partial charge in [0.15, 0.2) is 0 Å². The Morgan fingerprint density at radius 3 is 2.68 bits per heavy atom. The highest BCUT2D eigenvalue weighted by atomic mass is 35.5. The lowest BCUT2D eigenvalue weighted by Crippen LogP contribution is -2.33. The van der Waals surface area contributed by atoms with Crippen LogP contribution in [0.2, 0.25) is 5.02 Å². The van der Waals surface area contributed by atoms with Crippen LogP contribution in [-0.4, -0.2) is 34.3 Å². The van der Waals surface area contributed by atoms with Crippen molar-refractivity contribution < 1.29 is 14.0 Å². The number of hydrogen-bond donors (Lipinski definition) is 0. The van der Waals surface area contributed by atoms with Crippen LogP contribution in [0.4, 0.5) is 9.18 Å². The highest BCUT2D eigenvalue weighted by molar-refractivity contribution is 6.31. The van der Waals surface area contributed by atoms with Gasteiger partial charge < -0.3 is 4.90 Å². The van der Waals surface area contributed by atoms with Crippen LogP contribution < -0.4 is 0 Å². The maximum absolute atomic E-state index is 13.0. The predicted octanol–water partition coefficient (Wildman–Crippen LogP) is 2.41. The van der Waals surface area contributed by atoms with E-state index in [1.807, 2.05) is 0 Å². The molecule has 0 spiro atoms. The highest BCUT2D eigenvalue weighted by Crippen LogP contribution is 2.31. The fraction of sp³-hybridized carbons (Fsp3) is 0.385. The Labute approximate surface area is 114 Å². The first kappa shape index (κ1) is 12.4. The van der Waals surface area contributed by atoms with Gasteiger partial charge in [0.1, 0.15) is 12.4 Å². The largest absolute Gasteiger partial charge is 0.327 e. The van der Waals surface area contributed by atoms with Crippen LogP contribution in [0, 0.1) is 5.82 Å².